The number of aryl methyl sites for hydroxylation is 1. The van der Waals surface area contributed by atoms with E-state index in [0.29, 0.717) is 18.8 Å². The van der Waals surface area contributed by atoms with Crippen LogP contribution in [0.4, 0.5) is 5.82 Å². The SMILES string of the molecule is Cn1nc(N2CCCC(C(=O)O)C2)ccc1=O. The van der Waals surface area contributed by atoms with Crippen molar-refractivity contribution in [1.82, 2.24) is 9.78 Å². The number of carboxylic acid groups (broad SMARTS) is 1. The molecule has 1 aliphatic rings. The summed E-state index contributed by atoms with van der Waals surface area (Å²) in [6, 6.07) is 3.10. The van der Waals surface area contributed by atoms with Crippen LogP contribution in [0.5, 0.6) is 0 Å². The summed E-state index contributed by atoms with van der Waals surface area (Å²) in [4.78, 5) is 24.1. The van der Waals surface area contributed by atoms with Crippen LogP contribution in [0.3, 0.4) is 0 Å². The summed E-state index contributed by atoms with van der Waals surface area (Å²) in [5, 5.41) is 13.1. The third kappa shape index (κ3) is 2.46. The van der Waals surface area contributed by atoms with E-state index in [2.05, 4.69) is 5.10 Å². The van der Waals surface area contributed by atoms with E-state index in [-0.39, 0.29) is 11.5 Å². The highest BCUT2D eigenvalue weighted by Crippen LogP contribution is 2.20. The number of carboxylic acids is 1. The molecule has 1 N–H and O–H groups in total. The lowest BCUT2D eigenvalue weighted by Crippen LogP contribution is -2.40. The Bertz CT molecular complexity index is 483. The highest BCUT2D eigenvalue weighted by molar-refractivity contribution is 5.71. The maximum Gasteiger partial charge on any atom is 0.308 e. The molecule has 0 saturated carbocycles. The van der Waals surface area contributed by atoms with Gasteiger partial charge in [-0.15, -0.1) is 0 Å². The number of aliphatic carboxylic acids is 1. The molecule has 6 heteroatoms. The molecule has 0 spiro atoms. The molecule has 2 rings (SSSR count). The van der Waals surface area contributed by atoms with Gasteiger partial charge in [0.25, 0.3) is 5.56 Å². The average molecular weight is 237 g/mol. The highest BCUT2D eigenvalue weighted by Gasteiger charge is 2.26. The van der Waals surface area contributed by atoms with E-state index in [4.69, 9.17) is 5.11 Å². The first kappa shape index (κ1) is 11.6. The Labute approximate surface area is 98.5 Å². The molecule has 0 aliphatic carbocycles. The second kappa shape index (κ2) is 4.57. The molecule has 6 nitrogen and oxygen atoms in total. The minimum Gasteiger partial charge on any atom is -0.481 e. The molecule has 1 aromatic rings. The number of hydrogen-bond acceptors (Lipinski definition) is 4. The zero-order valence-corrected chi connectivity index (χ0v) is 9.67. The fourth-order valence-electron chi connectivity index (χ4n) is 2.05. The maximum absolute atomic E-state index is 11.2. The van der Waals surface area contributed by atoms with Gasteiger partial charge in [-0.1, -0.05) is 0 Å². The molecule has 0 radical (unpaired) electrons. The number of piperidine rings is 1. The van der Waals surface area contributed by atoms with E-state index >= 15 is 0 Å². The molecule has 1 atom stereocenters. The number of aromatic nitrogens is 2. The molecule has 1 saturated heterocycles. The van der Waals surface area contributed by atoms with Gasteiger partial charge in [0.1, 0.15) is 5.82 Å². The Morgan fingerprint density at radius 3 is 2.94 bits per heavy atom. The normalized spacial score (nSPS) is 20.3. The van der Waals surface area contributed by atoms with Crippen LogP contribution in [0.15, 0.2) is 16.9 Å². The van der Waals surface area contributed by atoms with E-state index in [1.807, 2.05) is 4.90 Å². The Morgan fingerprint density at radius 1 is 1.53 bits per heavy atom. The molecule has 92 valence electrons. The lowest BCUT2D eigenvalue weighted by molar-refractivity contribution is -0.141. The summed E-state index contributed by atoms with van der Waals surface area (Å²) < 4.78 is 1.26. The van der Waals surface area contributed by atoms with Crippen molar-refractivity contribution < 1.29 is 9.90 Å². The van der Waals surface area contributed by atoms with Crippen LogP contribution in [0.2, 0.25) is 0 Å². The van der Waals surface area contributed by atoms with Gasteiger partial charge in [-0.25, -0.2) is 4.68 Å². The quantitative estimate of drug-likeness (QED) is 0.788. The minimum atomic E-state index is -0.764. The zero-order chi connectivity index (χ0) is 12.4. The molecular weight excluding hydrogens is 222 g/mol. The highest BCUT2D eigenvalue weighted by atomic mass is 16.4. The first-order chi connectivity index (χ1) is 8.08. The molecule has 17 heavy (non-hydrogen) atoms. The fraction of sp³-hybridized carbons (Fsp3) is 0.545. The van der Waals surface area contributed by atoms with Crippen LogP contribution in [0.1, 0.15) is 12.8 Å². The summed E-state index contributed by atoms with van der Waals surface area (Å²) in [6.45, 7) is 1.25. The van der Waals surface area contributed by atoms with Gasteiger partial charge >= 0.3 is 5.97 Å². The van der Waals surface area contributed by atoms with E-state index in [1.54, 1.807) is 13.1 Å². The smallest absolute Gasteiger partial charge is 0.308 e. The van der Waals surface area contributed by atoms with E-state index in [0.717, 1.165) is 13.0 Å². The molecular formula is C11H15N3O3. The van der Waals surface area contributed by atoms with Gasteiger partial charge in [-0.3, -0.25) is 9.59 Å². The molecule has 2 heterocycles. The van der Waals surface area contributed by atoms with E-state index < -0.39 is 5.97 Å². The molecule has 1 fully saturated rings. The van der Waals surface area contributed by atoms with Crippen LogP contribution in [-0.2, 0) is 11.8 Å². The first-order valence-electron chi connectivity index (χ1n) is 5.60. The third-order valence-electron chi connectivity index (χ3n) is 3.04. The van der Waals surface area contributed by atoms with E-state index in [9.17, 15) is 9.59 Å². The first-order valence-corrected chi connectivity index (χ1v) is 5.60. The number of hydrogen-bond donors (Lipinski definition) is 1. The summed E-state index contributed by atoms with van der Waals surface area (Å²) in [5.41, 5.74) is -0.166. The summed E-state index contributed by atoms with van der Waals surface area (Å²) in [7, 11) is 1.59. The van der Waals surface area contributed by atoms with Crippen LogP contribution in [-0.4, -0.2) is 33.9 Å². The number of rotatable bonds is 2. The molecule has 0 aromatic carbocycles. The second-order valence-corrected chi connectivity index (χ2v) is 4.28. The van der Waals surface area contributed by atoms with Crippen molar-refractivity contribution in [3.05, 3.63) is 22.5 Å². The van der Waals surface area contributed by atoms with Crippen LogP contribution < -0.4 is 10.5 Å². The summed E-state index contributed by atoms with van der Waals surface area (Å²) in [6.07, 6.45) is 1.54. The van der Waals surface area contributed by atoms with Gasteiger partial charge in [0.05, 0.1) is 5.92 Å². The molecule has 0 bridgehead atoms. The Kier molecular flexibility index (Phi) is 3.12. The lowest BCUT2D eigenvalue weighted by Gasteiger charge is -2.31. The van der Waals surface area contributed by atoms with Gasteiger partial charge < -0.3 is 10.0 Å². The molecule has 0 amide bonds. The summed E-state index contributed by atoms with van der Waals surface area (Å²) in [5.74, 6) is -0.444. The molecule has 1 aromatic heterocycles. The van der Waals surface area contributed by atoms with Crippen molar-refractivity contribution in [2.24, 2.45) is 13.0 Å². The topological polar surface area (TPSA) is 75.4 Å². The van der Waals surface area contributed by atoms with E-state index in [1.165, 1.54) is 10.7 Å². The summed E-state index contributed by atoms with van der Waals surface area (Å²) >= 11 is 0. The van der Waals surface area contributed by atoms with Crippen molar-refractivity contribution >= 4 is 11.8 Å². The van der Waals surface area contributed by atoms with Crippen LogP contribution >= 0.6 is 0 Å². The number of nitrogens with zero attached hydrogens (tertiary/aromatic N) is 3. The Balaban J connectivity index is 2.19. The van der Waals surface area contributed by atoms with Crippen molar-refractivity contribution in [2.45, 2.75) is 12.8 Å². The predicted octanol–water partition coefficient (Wildman–Crippen LogP) is 0.0813. The maximum atomic E-state index is 11.2. The third-order valence-corrected chi connectivity index (χ3v) is 3.04. The van der Waals surface area contributed by atoms with Crippen LogP contribution in [0.25, 0.3) is 0 Å². The van der Waals surface area contributed by atoms with Crippen molar-refractivity contribution in [3.8, 4) is 0 Å². The van der Waals surface area contributed by atoms with Gasteiger partial charge in [-0.05, 0) is 18.9 Å². The lowest BCUT2D eigenvalue weighted by atomic mass is 9.98. The molecule has 1 unspecified atom stereocenters. The minimum absolute atomic E-state index is 0.166. The van der Waals surface area contributed by atoms with Gasteiger partial charge in [0, 0.05) is 26.2 Å². The average Bonchev–Trinajstić information content (AvgIpc) is 2.33. The zero-order valence-electron chi connectivity index (χ0n) is 9.67. The number of anilines is 1. The monoisotopic (exact) mass is 237 g/mol. The van der Waals surface area contributed by atoms with Crippen molar-refractivity contribution in [1.29, 1.82) is 0 Å². The van der Waals surface area contributed by atoms with Crippen molar-refractivity contribution in [3.63, 3.8) is 0 Å². The Hall–Kier alpha value is -1.85. The standard InChI is InChI=1S/C11H15N3O3/c1-13-10(15)5-4-9(12-13)14-6-2-3-8(7-14)11(16)17/h4-5,8H,2-3,6-7H2,1H3,(H,16,17). The van der Waals surface area contributed by atoms with Gasteiger partial charge in [0.2, 0.25) is 0 Å². The fourth-order valence-corrected chi connectivity index (χ4v) is 2.05. The van der Waals surface area contributed by atoms with Gasteiger partial charge in [-0.2, -0.15) is 5.10 Å². The van der Waals surface area contributed by atoms with Gasteiger partial charge in [0.15, 0.2) is 0 Å². The van der Waals surface area contributed by atoms with Crippen molar-refractivity contribution in [2.75, 3.05) is 18.0 Å². The second-order valence-electron chi connectivity index (χ2n) is 4.28. The predicted molar refractivity (Wildman–Crippen MR) is 62.1 cm³/mol. The molecule has 1 aliphatic heterocycles. The number of carbonyl (C=O) groups is 1. The largest absolute Gasteiger partial charge is 0.481 e. The Morgan fingerprint density at radius 2 is 2.29 bits per heavy atom. The van der Waals surface area contributed by atoms with Crippen LogP contribution in [0, 0.1) is 5.92 Å².